The van der Waals surface area contributed by atoms with E-state index in [1.807, 2.05) is 0 Å². The van der Waals surface area contributed by atoms with Crippen LogP contribution in [0.5, 0.6) is 11.5 Å². The first-order valence-corrected chi connectivity index (χ1v) is 6.49. The Labute approximate surface area is 125 Å². The molecular formula is C14H18F4O4. The molecule has 1 rings (SSSR count). The quantitative estimate of drug-likeness (QED) is 0.486. The number of hydrogen-bond acceptors (Lipinski definition) is 4. The average molecular weight is 326 g/mol. The van der Waals surface area contributed by atoms with Gasteiger partial charge in [0.15, 0.2) is 0 Å². The van der Waals surface area contributed by atoms with E-state index in [1.54, 1.807) is 0 Å². The molecule has 0 saturated heterocycles. The molecule has 0 bridgehead atoms. The predicted octanol–water partition coefficient (Wildman–Crippen LogP) is 3.61. The van der Waals surface area contributed by atoms with Crippen LogP contribution in [0, 0.1) is 0 Å². The molecule has 0 heterocycles. The summed E-state index contributed by atoms with van der Waals surface area (Å²) in [6.07, 6.45) is -6.24. The number of ether oxygens (including phenoxy) is 4. The van der Waals surface area contributed by atoms with Crippen molar-refractivity contribution in [2.45, 2.75) is 12.9 Å². The summed E-state index contributed by atoms with van der Waals surface area (Å²) in [5.41, 5.74) is -1.72. The Morgan fingerprint density at radius 1 is 0.727 bits per heavy atom. The minimum absolute atomic E-state index is 0.0250. The van der Waals surface area contributed by atoms with Gasteiger partial charge in [0.25, 0.3) is 12.9 Å². The number of rotatable bonds is 10. The van der Waals surface area contributed by atoms with Gasteiger partial charge in [0.05, 0.1) is 24.3 Å². The van der Waals surface area contributed by atoms with Crippen molar-refractivity contribution in [3.05, 3.63) is 23.3 Å². The third-order valence-electron chi connectivity index (χ3n) is 2.73. The maximum Gasteiger partial charge on any atom is 0.268 e. The van der Waals surface area contributed by atoms with Gasteiger partial charge in [-0.3, -0.25) is 0 Å². The third-order valence-corrected chi connectivity index (χ3v) is 2.73. The minimum atomic E-state index is -3.12. The molecule has 0 saturated carbocycles. The Bertz CT molecular complexity index is 414. The zero-order valence-electron chi connectivity index (χ0n) is 12.3. The smallest absolute Gasteiger partial charge is 0.268 e. The molecular weight excluding hydrogens is 308 g/mol. The highest BCUT2D eigenvalue weighted by Gasteiger charge is 2.28. The SMILES string of the molecule is COCCOc1ccc(OCCOC)c(C(F)F)c1C(F)F. The van der Waals surface area contributed by atoms with Crippen molar-refractivity contribution in [3.8, 4) is 11.5 Å². The van der Waals surface area contributed by atoms with Gasteiger partial charge in [-0.05, 0) is 12.1 Å². The monoisotopic (exact) mass is 326 g/mol. The fourth-order valence-electron chi connectivity index (χ4n) is 1.77. The lowest BCUT2D eigenvalue weighted by Gasteiger charge is -2.18. The molecule has 1 aromatic carbocycles. The van der Waals surface area contributed by atoms with Gasteiger partial charge < -0.3 is 18.9 Å². The molecule has 0 unspecified atom stereocenters. The van der Waals surface area contributed by atoms with Crippen LogP contribution < -0.4 is 9.47 Å². The highest BCUT2D eigenvalue weighted by Crippen LogP contribution is 2.42. The third kappa shape index (κ3) is 5.03. The number of alkyl halides is 4. The lowest BCUT2D eigenvalue weighted by Crippen LogP contribution is -2.11. The van der Waals surface area contributed by atoms with Crippen LogP contribution in [0.4, 0.5) is 17.6 Å². The summed E-state index contributed by atoms with van der Waals surface area (Å²) in [6.45, 7) is 0.253. The van der Waals surface area contributed by atoms with Crippen molar-refractivity contribution in [3.63, 3.8) is 0 Å². The van der Waals surface area contributed by atoms with Crippen LogP contribution in [0.15, 0.2) is 12.1 Å². The van der Waals surface area contributed by atoms with Gasteiger partial charge in [-0.1, -0.05) is 0 Å². The van der Waals surface area contributed by atoms with Gasteiger partial charge in [-0.15, -0.1) is 0 Å². The molecule has 0 N–H and O–H groups in total. The van der Waals surface area contributed by atoms with E-state index in [0.717, 1.165) is 0 Å². The van der Waals surface area contributed by atoms with E-state index in [4.69, 9.17) is 18.9 Å². The van der Waals surface area contributed by atoms with Crippen LogP contribution in [0.2, 0.25) is 0 Å². The van der Waals surface area contributed by atoms with Gasteiger partial charge in [-0.25, -0.2) is 17.6 Å². The first-order valence-electron chi connectivity index (χ1n) is 6.49. The zero-order chi connectivity index (χ0) is 16.5. The van der Waals surface area contributed by atoms with Gasteiger partial charge >= 0.3 is 0 Å². The second kappa shape index (κ2) is 9.47. The number of hydrogen-bond donors (Lipinski definition) is 0. The van der Waals surface area contributed by atoms with E-state index in [-0.39, 0.29) is 37.9 Å². The van der Waals surface area contributed by atoms with Crippen LogP contribution in [0.1, 0.15) is 24.0 Å². The average Bonchev–Trinajstić information content (AvgIpc) is 2.47. The van der Waals surface area contributed by atoms with Crippen molar-refractivity contribution in [2.24, 2.45) is 0 Å². The molecule has 0 radical (unpaired) electrons. The molecule has 0 aromatic heterocycles. The molecule has 0 aliphatic heterocycles. The first kappa shape index (κ1) is 18.5. The lowest BCUT2D eigenvalue weighted by atomic mass is 10.1. The van der Waals surface area contributed by atoms with Gasteiger partial charge in [0.1, 0.15) is 24.7 Å². The lowest BCUT2D eigenvalue weighted by molar-refractivity contribution is 0.106. The maximum atomic E-state index is 13.2. The Morgan fingerprint density at radius 2 is 1.09 bits per heavy atom. The predicted molar refractivity (Wildman–Crippen MR) is 71.1 cm³/mol. The summed E-state index contributed by atoms with van der Waals surface area (Å²) in [5.74, 6) is -0.608. The summed E-state index contributed by atoms with van der Waals surface area (Å²) in [6, 6.07) is 2.37. The maximum absolute atomic E-state index is 13.2. The van der Waals surface area contributed by atoms with E-state index < -0.39 is 24.0 Å². The van der Waals surface area contributed by atoms with E-state index in [0.29, 0.717) is 0 Å². The minimum Gasteiger partial charge on any atom is -0.491 e. The van der Waals surface area contributed by atoms with E-state index >= 15 is 0 Å². The van der Waals surface area contributed by atoms with Crippen LogP contribution in [0.25, 0.3) is 0 Å². The molecule has 0 spiro atoms. The summed E-state index contributed by atoms with van der Waals surface area (Å²) < 4.78 is 72.5. The number of halogens is 4. The molecule has 0 aliphatic carbocycles. The largest absolute Gasteiger partial charge is 0.491 e. The Balaban J connectivity index is 3.12. The van der Waals surface area contributed by atoms with E-state index in [9.17, 15) is 17.6 Å². The molecule has 0 amide bonds. The van der Waals surface area contributed by atoms with Crippen LogP contribution in [-0.4, -0.2) is 40.6 Å². The molecule has 8 heteroatoms. The standard InChI is InChI=1S/C14H18F4O4/c1-19-5-7-21-9-3-4-10(22-8-6-20-2)12(14(17)18)11(9)13(15)16/h3-4,13-14H,5-8H2,1-2H3. The molecule has 126 valence electrons. The molecule has 0 atom stereocenters. The van der Waals surface area contributed by atoms with Crippen molar-refractivity contribution < 1.29 is 36.5 Å². The van der Waals surface area contributed by atoms with Crippen molar-refractivity contribution in [2.75, 3.05) is 40.6 Å². The van der Waals surface area contributed by atoms with Crippen molar-refractivity contribution in [1.29, 1.82) is 0 Å². The van der Waals surface area contributed by atoms with Gasteiger partial charge in [0.2, 0.25) is 0 Å². The normalized spacial score (nSPS) is 11.3. The Hall–Kier alpha value is -1.54. The Morgan fingerprint density at radius 3 is 1.36 bits per heavy atom. The Kier molecular flexibility index (Phi) is 7.97. The molecule has 0 fully saturated rings. The fourth-order valence-corrected chi connectivity index (χ4v) is 1.77. The molecule has 22 heavy (non-hydrogen) atoms. The van der Waals surface area contributed by atoms with Crippen LogP contribution >= 0.6 is 0 Å². The topological polar surface area (TPSA) is 36.9 Å². The van der Waals surface area contributed by atoms with Gasteiger partial charge in [0, 0.05) is 14.2 Å². The van der Waals surface area contributed by atoms with Crippen LogP contribution in [-0.2, 0) is 9.47 Å². The number of methoxy groups -OCH3 is 2. The van der Waals surface area contributed by atoms with Crippen molar-refractivity contribution in [1.82, 2.24) is 0 Å². The second-order valence-electron chi connectivity index (χ2n) is 4.17. The highest BCUT2D eigenvalue weighted by atomic mass is 19.3. The van der Waals surface area contributed by atoms with E-state index in [1.165, 1.54) is 26.4 Å². The van der Waals surface area contributed by atoms with Gasteiger partial charge in [-0.2, -0.15) is 0 Å². The molecule has 4 nitrogen and oxygen atoms in total. The summed E-state index contributed by atoms with van der Waals surface area (Å²) in [5, 5.41) is 0. The zero-order valence-corrected chi connectivity index (χ0v) is 12.3. The fraction of sp³-hybridized carbons (Fsp3) is 0.571. The molecule has 0 aliphatic rings. The van der Waals surface area contributed by atoms with Crippen molar-refractivity contribution >= 4 is 0 Å². The number of benzene rings is 1. The first-order chi connectivity index (χ1) is 10.5. The summed E-state index contributed by atoms with van der Waals surface area (Å²) >= 11 is 0. The summed E-state index contributed by atoms with van der Waals surface area (Å²) in [4.78, 5) is 0. The summed E-state index contributed by atoms with van der Waals surface area (Å²) in [7, 11) is 2.82. The second-order valence-corrected chi connectivity index (χ2v) is 4.17. The highest BCUT2D eigenvalue weighted by molar-refractivity contribution is 5.50. The van der Waals surface area contributed by atoms with Crippen LogP contribution in [0.3, 0.4) is 0 Å². The van der Waals surface area contributed by atoms with E-state index in [2.05, 4.69) is 0 Å². The molecule has 1 aromatic rings.